The highest BCUT2D eigenvalue weighted by molar-refractivity contribution is 7.11. The molecule has 7 heteroatoms. The van der Waals surface area contributed by atoms with Crippen LogP contribution in [-0.4, -0.2) is 4.98 Å². The largest absolute Gasteiger partial charge is 0.463 e. The molecule has 0 spiro atoms. The lowest BCUT2D eigenvalue weighted by Gasteiger charge is -1.99. The van der Waals surface area contributed by atoms with Gasteiger partial charge >= 0.3 is 0 Å². The van der Waals surface area contributed by atoms with E-state index in [2.05, 4.69) is 11.1 Å². The van der Waals surface area contributed by atoms with Crippen LogP contribution >= 0.6 is 34.5 Å². The predicted molar refractivity (Wildman–Crippen MR) is 107 cm³/mol. The van der Waals surface area contributed by atoms with Crippen LogP contribution in [0, 0.1) is 11.3 Å². The molecule has 0 N–H and O–H groups in total. The summed E-state index contributed by atoms with van der Waals surface area (Å²) in [6, 6.07) is 14.7. The first-order valence-electron chi connectivity index (χ1n) is 7.81. The highest BCUT2D eigenvalue weighted by atomic mass is 35.5. The van der Waals surface area contributed by atoms with Crippen LogP contribution in [0.25, 0.3) is 34.4 Å². The summed E-state index contributed by atoms with van der Waals surface area (Å²) in [5.74, 6) is 1.84. The number of hydrogen-bond donors (Lipinski definition) is 0. The van der Waals surface area contributed by atoms with E-state index < -0.39 is 0 Å². The van der Waals surface area contributed by atoms with E-state index in [0.717, 1.165) is 5.56 Å². The monoisotopic (exact) mass is 412 g/mol. The van der Waals surface area contributed by atoms with Gasteiger partial charge in [0, 0.05) is 17.0 Å². The zero-order valence-corrected chi connectivity index (χ0v) is 16.0. The summed E-state index contributed by atoms with van der Waals surface area (Å²) in [7, 11) is 0. The van der Waals surface area contributed by atoms with Crippen molar-refractivity contribution in [2.45, 2.75) is 0 Å². The van der Waals surface area contributed by atoms with Gasteiger partial charge in [0.1, 0.15) is 28.3 Å². The molecule has 4 aromatic rings. The van der Waals surface area contributed by atoms with E-state index in [-0.39, 0.29) is 0 Å². The maximum absolute atomic E-state index is 9.52. The Kier molecular flexibility index (Phi) is 4.87. The van der Waals surface area contributed by atoms with Crippen molar-refractivity contribution in [3.8, 4) is 28.8 Å². The van der Waals surface area contributed by atoms with Gasteiger partial charge < -0.3 is 8.83 Å². The molecule has 1 aromatic carbocycles. The quantitative estimate of drug-likeness (QED) is 0.337. The van der Waals surface area contributed by atoms with Gasteiger partial charge in [0.05, 0.1) is 21.9 Å². The Balaban J connectivity index is 1.63. The van der Waals surface area contributed by atoms with Gasteiger partial charge in [0.25, 0.3) is 0 Å². The molecule has 0 aliphatic heterocycles. The lowest BCUT2D eigenvalue weighted by molar-refractivity contribution is 0.572. The van der Waals surface area contributed by atoms with Crippen molar-refractivity contribution in [3.63, 3.8) is 0 Å². The zero-order chi connectivity index (χ0) is 18.8. The number of nitriles is 1. The van der Waals surface area contributed by atoms with Crippen LogP contribution in [0.3, 0.4) is 0 Å². The van der Waals surface area contributed by atoms with Crippen LogP contribution < -0.4 is 0 Å². The molecule has 0 aliphatic rings. The van der Waals surface area contributed by atoms with E-state index in [4.69, 9.17) is 32.0 Å². The van der Waals surface area contributed by atoms with Gasteiger partial charge in [-0.25, -0.2) is 4.98 Å². The van der Waals surface area contributed by atoms with E-state index in [1.807, 2.05) is 23.6 Å². The molecule has 27 heavy (non-hydrogen) atoms. The maximum Gasteiger partial charge on any atom is 0.153 e. The Bertz CT molecular complexity index is 1170. The van der Waals surface area contributed by atoms with Crippen molar-refractivity contribution < 1.29 is 8.83 Å². The molecular formula is C20H10Cl2N2O2S. The first-order valence-corrected chi connectivity index (χ1v) is 9.44. The highest BCUT2D eigenvalue weighted by Gasteiger charge is 2.12. The molecule has 3 heterocycles. The Labute approximate surface area is 168 Å². The number of aromatic nitrogens is 1. The molecule has 0 saturated heterocycles. The number of furan rings is 2. The third-order valence-corrected chi connectivity index (χ3v) is 5.36. The fourth-order valence-electron chi connectivity index (χ4n) is 2.45. The minimum absolute atomic E-state index is 0.410. The van der Waals surface area contributed by atoms with E-state index in [9.17, 15) is 5.26 Å². The van der Waals surface area contributed by atoms with Crippen LogP contribution in [0.15, 0.2) is 62.9 Å². The first-order chi connectivity index (χ1) is 13.1. The highest BCUT2D eigenvalue weighted by Crippen LogP contribution is 2.31. The van der Waals surface area contributed by atoms with E-state index in [0.29, 0.717) is 43.6 Å². The molecule has 0 saturated carbocycles. The molecule has 4 nitrogen and oxygen atoms in total. The van der Waals surface area contributed by atoms with Gasteiger partial charge in [-0.05, 0) is 42.5 Å². The fourth-order valence-corrected chi connectivity index (χ4v) is 3.53. The Morgan fingerprint density at radius 2 is 2.00 bits per heavy atom. The van der Waals surface area contributed by atoms with Gasteiger partial charge in [-0.15, -0.1) is 11.3 Å². The molecule has 0 bridgehead atoms. The van der Waals surface area contributed by atoms with Crippen LogP contribution in [0.5, 0.6) is 0 Å². The number of rotatable bonds is 4. The topological polar surface area (TPSA) is 63.0 Å². The Morgan fingerprint density at radius 1 is 1.11 bits per heavy atom. The van der Waals surface area contributed by atoms with Crippen LogP contribution in [-0.2, 0) is 0 Å². The summed E-state index contributed by atoms with van der Waals surface area (Å²) in [5.41, 5.74) is 1.90. The second kappa shape index (κ2) is 7.45. The number of hydrogen-bond acceptors (Lipinski definition) is 5. The van der Waals surface area contributed by atoms with Crippen molar-refractivity contribution in [1.82, 2.24) is 4.98 Å². The predicted octanol–water partition coefficient (Wildman–Crippen LogP) is 7.03. The van der Waals surface area contributed by atoms with E-state index in [1.54, 1.807) is 36.6 Å². The summed E-state index contributed by atoms with van der Waals surface area (Å²) < 4.78 is 11.2. The fraction of sp³-hybridized carbons (Fsp3) is 0. The SMILES string of the molecule is N#CC(=Cc1ccc(-c2ccc(Cl)c(Cl)c2)o1)c1nc(-c2ccco2)cs1. The third-order valence-electron chi connectivity index (χ3n) is 3.75. The zero-order valence-electron chi connectivity index (χ0n) is 13.6. The molecule has 0 radical (unpaired) electrons. The van der Waals surface area contributed by atoms with Crippen molar-refractivity contribution in [2.75, 3.05) is 0 Å². The summed E-state index contributed by atoms with van der Waals surface area (Å²) in [6.45, 7) is 0. The molecule has 0 aliphatic carbocycles. The molecule has 0 atom stereocenters. The molecule has 3 aromatic heterocycles. The normalized spacial score (nSPS) is 11.5. The first kappa shape index (κ1) is 17.6. The van der Waals surface area contributed by atoms with Gasteiger partial charge in [-0.2, -0.15) is 5.26 Å². The van der Waals surface area contributed by atoms with E-state index >= 15 is 0 Å². The minimum Gasteiger partial charge on any atom is -0.463 e. The van der Waals surface area contributed by atoms with Gasteiger partial charge in [0.2, 0.25) is 0 Å². The molecule has 0 amide bonds. The second-order valence-electron chi connectivity index (χ2n) is 5.52. The Hall–Kier alpha value is -2.78. The number of allylic oxidation sites excluding steroid dienone is 1. The second-order valence-corrected chi connectivity index (χ2v) is 7.19. The molecule has 0 fully saturated rings. The third kappa shape index (κ3) is 3.69. The number of thiazole rings is 1. The molecule has 132 valence electrons. The number of nitrogens with zero attached hydrogens (tertiary/aromatic N) is 2. The van der Waals surface area contributed by atoms with Crippen molar-refractivity contribution in [1.29, 1.82) is 5.26 Å². The van der Waals surface area contributed by atoms with Crippen LogP contribution in [0.2, 0.25) is 10.0 Å². The van der Waals surface area contributed by atoms with Crippen molar-refractivity contribution >= 4 is 46.2 Å². The van der Waals surface area contributed by atoms with Gasteiger partial charge in [0.15, 0.2) is 5.76 Å². The molecule has 4 rings (SSSR count). The van der Waals surface area contributed by atoms with Gasteiger partial charge in [-0.1, -0.05) is 23.2 Å². The summed E-state index contributed by atoms with van der Waals surface area (Å²) in [4.78, 5) is 4.47. The summed E-state index contributed by atoms with van der Waals surface area (Å²) in [6.07, 6.45) is 3.24. The van der Waals surface area contributed by atoms with Crippen LogP contribution in [0.1, 0.15) is 10.8 Å². The molecular weight excluding hydrogens is 403 g/mol. The van der Waals surface area contributed by atoms with E-state index in [1.165, 1.54) is 11.3 Å². The molecule has 0 unspecified atom stereocenters. The summed E-state index contributed by atoms with van der Waals surface area (Å²) in [5, 5.41) is 12.9. The average Bonchev–Trinajstić information content (AvgIpc) is 3.42. The number of benzene rings is 1. The lowest BCUT2D eigenvalue weighted by atomic mass is 10.2. The smallest absolute Gasteiger partial charge is 0.153 e. The number of halogens is 2. The lowest BCUT2D eigenvalue weighted by Crippen LogP contribution is -1.81. The van der Waals surface area contributed by atoms with Crippen molar-refractivity contribution in [3.05, 3.63) is 74.9 Å². The van der Waals surface area contributed by atoms with Crippen molar-refractivity contribution in [2.24, 2.45) is 0 Å². The maximum atomic E-state index is 9.52. The minimum atomic E-state index is 0.410. The summed E-state index contributed by atoms with van der Waals surface area (Å²) >= 11 is 13.4. The van der Waals surface area contributed by atoms with Crippen LogP contribution in [0.4, 0.5) is 0 Å². The Morgan fingerprint density at radius 3 is 2.74 bits per heavy atom. The average molecular weight is 413 g/mol. The standard InChI is InChI=1S/C20H10Cl2N2O2S/c21-15-5-3-12(9-16(15)22)18-6-4-14(26-18)8-13(10-23)20-24-17(11-27-20)19-2-1-7-25-19/h1-9,11H. The van der Waals surface area contributed by atoms with Gasteiger partial charge in [-0.3, -0.25) is 0 Å².